The van der Waals surface area contributed by atoms with Crippen molar-refractivity contribution in [1.82, 2.24) is 0 Å². The fourth-order valence-corrected chi connectivity index (χ4v) is 5.29. The molecule has 0 aliphatic rings. The summed E-state index contributed by atoms with van der Waals surface area (Å²) in [4.78, 5) is 0. The van der Waals surface area contributed by atoms with E-state index in [4.69, 9.17) is 0 Å². The molecule has 0 bridgehead atoms. The highest BCUT2D eigenvalue weighted by atomic mass is 14.2. The Kier molecular flexibility index (Phi) is 5.38. The van der Waals surface area contributed by atoms with Crippen LogP contribution in [-0.4, -0.2) is 0 Å². The fraction of sp³-hybridized carbons (Fsp3) is 0.152. The Labute approximate surface area is 196 Å². The van der Waals surface area contributed by atoms with Crippen LogP contribution in [0.2, 0.25) is 0 Å². The maximum Gasteiger partial charge on any atom is -0.00139 e. The first-order valence-electron chi connectivity index (χ1n) is 12.2. The van der Waals surface area contributed by atoms with E-state index in [1.807, 2.05) is 27.7 Å². The minimum Gasteiger partial charge on any atom is -0.0683 e. The monoisotopic (exact) mass is 426 g/mol. The summed E-state index contributed by atoms with van der Waals surface area (Å²) in [5, 5.41) is 13.7. The largest absolute Gasteiger partial charge is 0.0683 e. The second kappa shape index (κ2) is 8.37. The molecule has 0 fully saturated rings. The van der Waals surface area contributed by atoms with Gasteiger partial charge in [0, 0.05) is 0 Å². The van der Waals surface area contributed by atoms with Gasteiger partial charge < -0.3 is 0 Å². The summed E-state index contributed by atoms with van der Waals surface area (Å²) in [7, 11) is 0. The van der Waals surface area contributed by atoms with Crippen LogP contribution in [-0.2, 0) is 0 Å². The maximum absolute atomic E-state index is 2.33. The van der Waals surface area contributed by atoms with Crippen molar-refractivity contribution in [1.29, 1.82) is 0 Å². The first-order valence-corrected chi connectivity index (χ1v) is 12.2. The molecule has 0 saturated carbocycles. The van der Waals surface area contributed by atoms with Crippen molar-refractivity contribution in [2.24, 2.45) is 0 Å². The highest BCUT2D eigenvalue weighted by Gasteiger charge is 2.18. The first kappa shape index (κ1) is 21.2. The lowest BCUT2D eigenvalue weighted by Gasteiger charge is -2.19. The van der Waals surface area contributed by atoms with Crippen molar-refractivity contribution < 1.29 is 0 Å². The molecule has 0 spiro atoms. The van der Waals surface area contributed by atoms with E-state index in [9.17, 15) is 0 Å². The van der Waals surface area contributed by atoms with Crippen molar-refractivity contribution in [3.8, 4) is 11.1 Å². The Morgan fingerprint density at radius 3 is 1.58 bits per heavy atom. The summed E-state index contributed by atoms with van der Waals surface area (Å²) in [6.45, 7) is 10.1. The van der Waals surface area contributed by atoms with E-state index in [1.54, 1.807) is 0 Å². The second-order valence-electron chi connectivity index (χ2n) is 8.25. The average Bonchev–Trinajstić information content (AvgIpc) is 2.90. The minimum atomic E-state index is 1.28. The summed E-state index contributed by atoms with van der Waals surface area (Å²) in [5.41, 5.74) is 3.89. The lowest BCUT2D eigenvalue weighted by Crippen LogP contribution is -1.91. The van der Waals surface area contributed by atoms with Gasteiger partial charge in [-0.1, -0.05) is 124 Å². The van der Waals surface area contributed by atoms with Crippen LogP contribution in [0.25, 0.3) is 65.0 Å². The molecule has 7 aromatic rings. The zero-order valence-electron chi connectivity index (χ0n) is 20.2. The topological polar surface area (TPSA) is 0 Å². The lowest BCUT2D eigenvalue weighted by atomic mass is 9.84. The highest BCUT2D eigenvalue weighted by molar-refractivity contribution is 6.40. The Morgan fingerprint density at radius 1 is 0.394 bits per heavy atom. The molecule has 7 rings (SSSR count). The second-order valence-corrected chi connectivity index (χ2v) is 8.25. The Hall–Kier alpha value is -3.64. The van der Waals surface area contributed by atoms with Gasteiger partial charge in [-0.25, -0.2) is 0 Å². The Balaban J connectivity index is 0.000000544. The molecule has 33 heavy (non-hydrogen) atoms. The number of hydrogen-bond acceptors (Lipinski definition) is 0. The molecule has 0 unspecified atom stereocenters. The smallest absolute Gasteiger partial charge is 0.00139 e. The van der Waals surface area contributed by atoms with Crippen LogP contribution in [0.3, 0.4) is 0 Å². The molecule has 0 aliphatic carbocycles. The molecule has 0 N–H and O–H groups in total. The minimum absolute atomic E-state index is 1.28. The molecule has 0 saturated heterocycles. The maximum atomic E-state index is 2.33. The van der Waals surface area contributed by atoms with Gasteiger partial charge in [-0.3, -0.25) is 0 Å². The summed E-state index contributed by atoms with van der Waals surface area (Å²) >= 11 is 0. The van der Waals surface area contributed by atoms with Gasteiger partial charge >= 0.3 is 0 Å². The van der Waals surface area contributed by atoms with Crippen LogP contribution in [0, 0.1) is 6.92 Å². The number of aryl methyl sites for hydroxylation is 1. The van der Waals surface area contributed by atoms with E-state index in [0.717, 1.165) is 0 Å². The molecule has 0 nitrogen and oxygen atoms in total. The van der Waals surface area contributed by atoms with Gasteiger partial charge in [0.25, 0.3) is 0 Å². The molecule has 0 aliphatic heterocycles. The SMILES string of the molecule is CC.CC.Cc1ccc(-c2ccc3c4cccc5ccc6ccc7ccc2c3c7c6c54)cc1. The normalized spacial score (nSPS) is 11.2. The van der Waals surface area contributed by atoms with Crippen LogP contribution in [0.1, 0.15) is 33.3 Å². The van der Waals surface area contributed by atoms with Gasteiger partial charge in [0.15, 0.2) is 0 Å². The predicted octanol–water partition coefficient (Wildman–Crippen LogP) is 10.4. The van der Waals surface area contributed by atoms with Crippen LogP contribution in [0.4, 0.5) is 0 Å². The first-order chi connectivity index (χ1) is 16.3. The van der Waals surface area contributed by atoms with E-state index in [-0.39, 0.29) is 0 Å². The summed E-state index contributed by atoms with van der Waals surface area (Å²) in [6.07, 6.45) is 0. The molecule has 162 valence electrons. The number of benzene rings is 7. The average molecular weight is 427 g/mol. The van der Waals surface area contributed by atoms with Gasteiger partial charge in [-0.05, 0) is 71.9 Å². The molecule has 0 aromatic heterocycles. The molecule has 0 amide bonds. The van der Waals surface area contributed by atoms with Crippen LogP contribution < -0.4 is 0 Å². The molecule has 0 atom stereocenters. The number of fused-ring (bicyclic) bond motifs is 1. The molecular formula is C33H30. The third-order valence-corrected chi connectivity index (χ3v) is 6.64. The van der Waals surface area contributed by atoms with E-state index >= 15 is 0 Å². The van der Waals surface area contributed by atoms with Crippen molar-refractivity contribution in [3.63, 3.8) is 0 Å². The Morgan fingerprint density at radius 2 is 0.909 bits per heavy atom. The number of rotatable bonds is 1. The van der Waals surface area contributed by atoms with E-state index in [1.165, 1.54) is 70.6 Å². The predicted molar refractivity (Wildman–Crippen MR) is 149 cm³/mol. The van der Waals surface area contributed by atoms with E-state index in [2.05, 4.69) is 97.9 Å². The quantitative estimate of drug-likeness (QED) is 0.181. The van der Waals surface area contributed by atoms with Gasteiger partial charge in [-0.15, -0.1) is 0 Å². The van der Waals surface area contributed by atoms with Gasteiger partial charge in [0.05, 0.1) is 0 Å². The van der Waals surface area contributed by atoms with Crippen LogP contribution in [0.15, 0.2) is 91.0 Å². The molecule has 0 heterocycles. The molecule has 0 heteroatoms. The van der Waals surface area contributed by atoms with Crippen LogP contribution in [0.5, 0.6) is 0 Å². The lowest BCUT2D eigenvalue weighted by molar-refractivity contribution is 1.47. The molecule has 7 aromatic carbocycles. The standard InChI is InChI=1S/C29H18.2C2H6/c1-17-5-7-18(8-6-17)22-15-16-25-23-4-2-3-19-9-10-20-11-12-21-13-14-24(22)29(25)28(21)27(20)26(19)23;2*1-2/h2-16H,1H3;2*1-2H3. The van der Waals surface area contributed by atoms with Crippen molar-refractivity contribution in [2.75, 3.05) is 0 Å². The summed E-state index contributed by atoms with van der Waals surface area (Å²) in [6, 6.07) is 34.0. The Bertz CT molecular complexity index is 1680. The van der Waals surface area contributed by atoms with Gasteiger partial charge in [0.1, 0.15) is 0 Å². The van der Waals surface area contributed by atoms with Gasteiger partial charge in [-0.2, -0.15) is 0 Å². The van der Waals surface area contributed by atoms with Crippen molar-refractivity contribution in [3.05, 3.63) is 96.6 Å². The molecule has 0 radical (unpaired) electrons. The summed E-state index contributed by atoms with van der Waals surface area (Å²) in [5.74, 6) is 0. The van der Waals surface area contributed by atoms with Crippen molar-refractivity contribution in [2.45, 2.75) is 34.6 Å². The fourth-order valence-electron chi connectivity index (χ4n) is 5.29. The van der Waals surface area contributed by atoms with Gasteiger partial charge in [0.2, 0.25) is 0 Å². The molecular weight excluding hydrogens is 396 g/mol. The van der Waals surface area contributed by atoms with E-state index < -0.39 is 0 Å². The van der Waals surface area contributed by atoms with E-state index in [0.29, 0.717) is 0 Å². The zero-order chi connectivity index (χ0) is 23.1. The third kappa shape index (κ3) is 3.05. The highest BCUT2D eigenvalue weighted by Crippen LogP contribution is 2.46. The van der Waals surface area contributed by atoms with Crippen LogP contribution >= 0.6 is 0 Å². The zero-order valence-corrected chi connectivity index (χ0v) is 20.2. The third-order valence-electron chi connectivity index (χ3n) is 6.64. The van der Waals surface area contributed by atoms with Crippen molar-refractivity contribution >= 4 is 53.9 Å². The summed E-state index contributed by atoms with van der Waals surface area (Å²) < 4.78 is 0. The number of hydrogen-bond donors (Lipinski definition) is 0.